The molecule has 1 rings (SSSR count). The molecule has 0 saturated carbocycles. The van der Waals surface area contributed by atoms with Crippen molar-refractivity contribution in [1.82, 2.24) is 5.32 Å². The SMILES string of the molecule is NC(=O)CC(NC(=O)Nc1cccc(Cl)c1Br)C(=O)O. The number of carboxylic acid groups (broad SMARTS) is 1. The monoisotopic (exact) mass is 363 g/mol. The molecule has 0 spiro atoms. The van der Waals surface area contributed by atoms with Crippen LogP contribution in [0.15, 0.2) is 22.7 Å². The lowest BCUT2D eigenvalue weighted by molar-refractivity contribution is -0.140. The molecule has 108 valence electrons. The lowest BCUT2D eigenvalue weighted by Crippen LogP contribution is -2.45. The number of nitrogens with two attached hydrogens (primary N) is 1. The maximum Gasteiger partial charge on any atom is 0.326 e. The van der Waals surface area contributed by atoms with Gasteiger partial charge in [0.1, 0.15) is 6.04 Å². The third-order valence-electron chi connectivity index (χ3n) is 2.21. The minimum Gasteiger partial charge on any atom is -0.480 e. The predicted molar refractivity (Wildman–Crippen MR) is 76.5 cm³/mol. The Morgan fingerprint density at radius 3 is 2.60 bits per heavy atom. The maximum absolute atomic E-state index is 11.7. The third kappa shape index (κ3) is 4.71. The van der Waals surface area contributed by atoms with Gasteiger partial charge in [0, 0.05) is 0 Å². The molecule has 7 nitrogen and oxygen atoms in total. The third-order valence-corrected chi connectivity index (χ3v) is 3.61. The molecule has 20 heavy (non-hydrogen) atoms. The first-order valence-corrected chi connectivity index (χ1v) is 6.51. The highest BCUT2D eigenvalue weighted by atomic mass is 79.9. The number of nitrogens with one attached hydrogen (secondary N) is 2. The van der Waals surface area contributed by atoms with Gasteiger partial charge in [-0.3, -0.25) is 4.79 Å². The van der Waals surface area contributed by atoms with Crippen molar-refractivity contribution in [2.24, 2.45) is 5.73 Å². The van der Waals surface area contributed by atoms with Crippen molar-refractivity contribution in [3.8, 4) is 0 Å². The number of urea groups is 1. The van der Waals surface area contributed by atoms with Crippen LogP contribution in [0.25, 0.3) is 0 Å². The van der Waals surface area contributed by atoms with Crippen LogP contribution in [0.2, 0.25) is 5.02 Å². The summed E-state index contributed by atoms with van der Waals surface area (Å²) in [6.45, 7) is 0. The Morgan fingerprint density at radius 1 is 1.40 bits per heavy atom. The fourth-order valence-corrected chi connectivity index (χ4v) is 1.86. The van der Waals surface area contributed by atoms with Crippen LogP contribution in [-0.4, -0.2) is 29.1 Å². The molecule has 0 bridgehead atoms. The molecule has 0 aromatic heterocycles. The Balaban J connectivity index is 2.73. The molecule has 0 saturated heterocycles. The van der Waals surface area contributed by atoms with Crippen molar-refractivity contribution in [1.29, 1.82) is 0 Å². The van der Waals surface area contributed by atoms with Crippen molar-refractivity contribution in [3.63, 3.8) is 0 Å². The number of halogens is 2. The smallest absolute Gasteiger partial charge is 0.326 e. The van der Waals surface area contributed by atoms with E-state index in [0.29, 0.717) is 15.2 Å². The van der Waals surface area contributed by atoms with Crippen molar-refractivity contribution in [3.05, 3.63) is 27.7 Å². The second-order valence-corrected chi connectivity index (χ2v) is 4.96. The van der Waals surface area contributed by atoms with Gasteiger partial charge < -0.3 is 21.5 Å². The van der Waals surface area contributed by atoms with E-state index in [4.69, 9.17) is 22.4 Å². The lowest BCUT2D eigenvalue weighted by atomic mass is 10.2. The lowest BCUT2D eigenvalue weighted by Gasteiger charge is -2.14. The molecule has 0 aliphatic heterocycles. The molecule has 0 fully saturated rings. The number of benzene rings is 1. The Kier molecular flexibility index (Phi) is 5.78. The predicted octanol–water partition coefficient (Wildman–Crippen LogP) is 1.55. The van der Waals surface area contributed by atoms with Crippen molar-refractivity contribution in [2.45, 2.75) is 12.5 Å². The number of aliphatic carboxylic acids is 1. The molecular formula is C11H11BrClN3O4. The molecule has 1 unspecified atom stereocenters. The van der Waals surface area contributed by atoms with Crippen LogP contribution in [0.5, 0.6) is 0 Å². The van der Waals surface area contributed by atoms with Gasteiger partial charge in [-0.2, -0.15) is 0 Å². The summed E-state index contributed by atoms with van der Waals surface area (Å²) >= 11 is 9.03. The Bertz CT molecular complexity index is 552. The number of hydrogen-bond donors (Lipinski definition) is 4. The van der Waals surface area contributed by atoms with Crippen LogP contribution in [0, 0.1) is 0 Å². The Hall–Kier alpha value is -1.80. The average Bonchev–Trinajstić information content (AvgIpc) is 2.33. The fraction of sp³-hybridized carbons (Fsp3) is 0.182. The van der Waals surface area contributed by atoms with Gasteiger partial charge in [-0.15, -0.1) is 0 Å². The Morgan fingerprint density at radius 2 is 2.05 bits per heavy atom. The molecule has 9 heteroatoms. The molecule has 0 aliphatic carbocycles. The second-order valence-electron chi connectivity index (χ2n) is 3.76. The van der Waals surface area contributed by atoms with Crippen molar-refractivity contribution >= 4 is 51.1 Å². The van der Waals surface area contributed by atoms with E-state index in [2.05, 4.69) is 26.6 Å². The van der Waals surface area contributed by atoms with Gasteiger partial charge >= 0.3 is 12.0 Å². The second kappa shape index (κ2) is 7.11. The first-order valence-electron chi connectivity index (χ1n) is 5.34. The summed E-state index contributed by atoms with van der Waals surface area (Å²) in [7, 11) is 0. The van der Waals surface area contributed by atoms with E-state index in [9.17, 15) is 14.4 Å². The van der Waals surface area contributed by atoms with E-state index in [1.165, 1.54) is 0 Å². The standard InChI is InChI=1S/C11H11BrClN3O4/c12-9-5(13)2-1-3-6(9)15-11(20)16-7(10(18)19)4-8(14)17/h1-3,7H,4H2,(H2,14,17)(H,18,19)(H2,15,16,20). The summed E-state index contributed by atoms with van der Waals surface area (Å²) in [4.78, 5) is 33.2. The van der Waals surface area contributed by atoms with E-state index in [1.54, 1.807) is 18.2 Å². The van der Waals surface area contributed by atoms with Gasteiger partial charge in [0.25, 0.3) is 0 Å². The minimum atomic E-state index is -1.40. The highest BCUT2D eigenvalue weighted by Crippen LogP contribution is 2.29. The summed E-state index contributed by atoms with van der Waals surface area (Å²) in [5, 5.41) is 13.8. The number of anilines is 1. The van der Waals surface area contributed by atoms with Gasteiger partial charge in [0.05, 0.1) is 21.6 Å². The van der Waals surface area contributed by atoms with E-state index in [-0.39, 0.29) is 0 Å². The van der Waals surface area contributed by atoms with Gasteiger partial charge in [-0.25, -0.2) is 9.59 Å². The van der Waals surface area contributed by atoms with Crippen LogP contribution in [-0.2, 0) is 9.59 Å². The highest BCUT2D eigenvalue weighted by Gasteiger charge is 2.22. The van der Waals surface area contributed by atoms with Crippen LogP contribution in [0.3, 0.4) is 0 Å². The molecule has 0 aliphatic rings. The van der Waals surface area contributed by atoms with Crippen LogP contribution >= 0.6 is 27.5 Å². The summed E-state index contributed by atoms with van der Waals surface area (Å²) in [5.41, 5.74) is 5.26. The van der Waals surface area contributed by atoms with E-state index >= 15 is 0 Å². The number of carbonyl (C=O) groups excluding carboxylic acids is 2. The Labute approximate surface area is 127 Å². The normalized spacial score (nSPS) is 11.5. The van der Waals surface area contributed by atoms with Crippen molar-refractivity contribution < 1.29 is 19.5 Å². The number of rotatable bonds is 5. The topological polar surface area (TPSA) is 122 Å². The average molecular weight is 365 g/mol. The zero-order valence-electron chi connectivity index (χ0n) is 10.0. The molecule has 0 heterocycles. The molecule has 1 aromatic carbocycles. The zero-order chi connectivity index (χ0) is 15.3. The number of carboxylic acids is 1. The molecule has 3 amide bonds. The fourth-order valence-electron chi connectivity index (χ4n) is 1.32. The van der Waals surface area contributed by atoms with E-state index < -0.39 is 30.4 Å². The van der Waals surface area contributed by atoms with E-state index in [0.717, 1.165) is 0 Å². The van der Waals surface area contributed by atoms with Crippen LogP contribution in [0.1, 0.15) is 6.42 Å². The number of primary amides is 1. The van der Waals surface area contributed by atoms with Gasteiger partial charge in [0.2, 0.25) is 5.91 Å². The quantitative estimate of drug-likeness (QED) is 0.633. The summed E-state index contributed by atoms with van der Waals surface area (Å²) in [6, 6.07) is 2.61. The highest BCUT2D eigenvalue weighted by molar-refractivity contribution is 9.10. The van der Waals surface area contributed by atoms with Gasteiger partial charge in [0.15, 0.2) is 0 Å². The molecule has 5 N–H and O–H groups in total. The number of amides is 3. The summed E-state index contributed by atoms with van der Waals surface area (Å²) < 4.78 is 0.457. The molecule has 0 radical (unpaired) electrons. The van der Waals surface area contributed by atoms with Crippen LogP contribution in [0.4, 0.5) is 10.5 Å². The van der Waals surface area contributed by atoms with Crippen LogP contribution < -0.4 is 16.4 Å². The number of carbonyl (C=O) groups is 3. The summed E-state index contributed by atoms with van der Waals surface area (Å²) in [6.07, 6.45) is -0.501. The largest absolute Gasteiger partial charge is 0.480 e. The van der Waals surface area contributed by atoms with Gasteiger partial charge in [-0.05, 0) is 28.1 Å². The maximum atomic E-state index is 11.7. The number of hydrogen-bond acceptors (Lipinski definition) is 3. The minimum absolute atomic E-state index is 0.359. The molecular weight excluding hydrogens is 353 g/mol. The molecule has 1 atom stereocenters. The zero-order valence-corrected chi connectivity index (χ0v) is 12.4. The first kappa shape index (κ1) is 16.3. The van der Waals surface area contributed by atoms with E-state index in [1.807, 2.05) is 0 Å². The summed E-state index contributed by atoms with van der Waals surface area (Å²) in [5.74, 6) is -2.19. The first-order chi connectivity index (χ1) is 9.31. The van der Waals surface area contributed by atoms with Gasteiger partial charge in [-0.1, -0.05) is 17.7 Å². The molecule has 1 aromatic rings. The van der Waals surface area contributed by atoms with Crippen molar-refractivity contribution in [2.75, 3.05) is 5.32 Å².